The number of aromatic amines is 1. The molecule has 1 saturated heterocycles. The summed E-state index contributed by atoms with van der Waals surface area (Å²) in [5, 5.41) is 0. The minimum atomic E-state index is -3.08. The molecule has 1 amide bonds. The maximum Gasteiger partial charge on any atom is 0.410 e. The van der Waals surface area contributed by atoms with E-state index in [4.69, 9.17) is 4.74 Å². The molecule has 3 aliphatic rings. The lowest BCUT2D eigenvalue weighted by molar-refractivity contribution is 0.0212. The third-order valence-corrected chi connectivity index (χ3v) is 7.78. The van der Waals surface area contributed by atoms with Crippen LogP contribution < -0.4 is 0 Å². The molecule has 35 heavy (non-hydrogen) atoms. The predicted molar refractivity (Wildman–Crippen MR) is 132 cm³/mol. The van der Waals surface area contributed by atoms with Gasteiger partial charge in [-0.3, -0.25) is 4.90 Å². The fourth-order valence-electron chi connectivity index (χ4n) is 5.37. The summed E-state index contributed by atoms with van der Waals surface area (Å²) in [5.41, 5.74) is 1.95. The number of nitrogens with zero attached hydrogens (tertiary/aromatic N) is 2. The zero-order valence-electron chi connectivity index (χ0n) is 19.8. The van der Waals surface area contributed by atoms with Gasteiger partial charge in [-0.1, -0.05) is 34.1 Å². The van der Waals surface area contributed by atoms with E-state index in [9.17, 15) is 4.79 Å². The average molecular weight is 542 g/mol. The Morgan fingerprint density at radius 3 is 2.51 bits per heavy atom. The molecule has 182 valence electrons. The summed E-state index contributed by atoms with van der Waals surface area (Å²) >= 11 is 3.31. The molecule has 2 heterocycles. The number of hydrogen-bond acceptors (Lipinski definition) is 3. The van der Waals surface area contributed by atoms with Crippen molar-refractivity contribution in [2.75, 3.05) is 6.54 Å². The zero-order chi connectivity index (χ0) is 24.8. The Bertz CT molecular complexity index is 1360. The third kappa shape index (κ3) is 3.77. The van der Waals surface area contributed by atoms with Crippen molar-refractivity contribution in [2.45, 2.75) is 57.6 Å². The SMILES string of the molecule is CC(C)(C)OC(=O)N1CC2(CC2)C[C@H]1c1ncc(-c2ccc3c(c2)C(F)(F)c2cc(Br)ccc2-3)[nH]1. The average Bonchev–Trinajstić information content (AvgIpc) is 3.12. The lowest BCUT2D eigenvalue weighted by Crippen LogP contribution is -2.37. The van der Waals surface area contributed by atoms with E-state index in [0.29, 0.717) is 39.2 Å². The Kier molecular flexibility index (Phi) is 4.79. The number of alkyl halides is 2. The number of halogens is 3. The molecule has 1 saturated carbocycles. The van der Waals surface area contributed by atoms with Crippen LogP contribution in [0.1, 0.15) is 63.0 Å². The molecule has 2 aromatic carbocycles. The van der Waals surface area contributed by atoms with E-state index in [-0.39, 0.29) is 28.7 Å². The van der Waals surface area contributed by atoms with Gasteiger partial charge in [-0.05, 0) is 74.8 Å². The standard InChI is InChI=1S/C27H26BrF2N3O2/c1-25(2,3)35-24(34)33-14-26(8-9-26)12-22(33)23-31-13-21(32-23)15-4-6-17-18-7-5-16(28)11-20(18)27(29,30)19(17)10-15/h4-7,10-11,13,22H,8-9,12,14H2,1-3H3,(H,31,32)/t22-/m0/s1. The second-order valence-corrected chi connectivity index (χ2v) is 12.0. The molecule has 8 heteroatoms. The number of fused-ring (bicyclic) bond motifs is 3. The summed E-state index contributed by atoms with van der Waals surface area (Å²) in [5.74, 6) is -2.42. The number of nitrogens with one attached hydrogen (secondary N) is 1. The molecule has 1 spiro atoms. The molecule has 6 rings (SSSR count). The van der Waals surface area contributed by atoms with Crippen LogP contribution in [0.3, 0.4) is 0 Å². The van der Waals surface area contributed by atoms with E-state index in [2.05, 4.69) is 25.9 Å². The fraction of sp³-hybridized carbons (Fsp3) is 0.407. The molecule has 2 fully saturated rings. The van der Waals surface area contributed by atoms with Crippen molar-refractivity contribution < 1.29 is 18.3 Å². The first-order chi connectivity index (χ1) is 16.5. The fourth-order valence-corrected chi connectivity index (χ4v) is 5.73. The summed E-state index contributed by atoms with van der Waals surface area (Å²) in [6, 6.07) is 9.91. The van der Waals surface area contributed by atoms with Crippen molar-refractivity contribution >= 4 is 22.0 Å². The minimum absolute atomic E-state index is 0.00701. The molecule has 0 radical (unpaired) electrons. The highest BCUT2D eigenvalue weighted by atomic mass is 79.9. The summed E-state index contributed by atoms with van der Waals surface area (Å²) in [7, 11) is 0. The number of likely N-dealkylation sites (tertiary alicyclic amines) is 1. The highest BCUT2D eigenvalue weighted by molar-refractivity contribution is 9.10. The molecule has 1 N–H and O–H groups in total. The largest absolute Gasteiger partial charge is 0.444 e. The monoisotopic (exact) mass is 541 g/mol. The molecule has 1 aromatic heterocycles. The maximum atomic E-state index is 15.3. The Morgan fingerprint density at radius 2 is 1.83 bits per heavy atom. The van der Waals surface area contributed by atoms with Gasteiger partial charge < -0.3 is 9.72 Å². The Morgan fingerprint density at radius 1 is 1.14 bits per heavy atom. The second kappa shape index (κ2) is 7.38. The van der Waals surface area contributed by atoms with Gasteiger partial charge in [0.2, 0.25) is 0 Å². The number of aromatic nitrogens is 2. The van der Waals surface area contributed by atoms with Gasteiger partial charge in [0.1, 0.15) is 11.4 Å². The van der Waals surface area contributed by atoms with E-state index in [1.165, 1.54) is 6.07 Å². The van der Waals surface area contributed by atoms with Gasteiger partial charge in [0, 0.05) is 27.7 Å². The van der Waals surface area contributed by atoms with Crippen LogP contribution >= 0.6 is 15.9 Å². The van der Waals surface area contributed by atoms with Crippen LogP contribution in [0, 0.1) is 5.41 Å². The highest BCUT2D eigenvalue weighted by Crippen LogP contribution is 2.58. The van der Waals surface area contributed by atoms with Crippen molar-refractivity contribution in [3.8, 4) is 22.4 Å². The normalized spacial score (nSPS) is 21.2. The van der Waals surface area contributed by atoms with Crippen molar-refractivity contribution in [1.29, 1.82) is 0 Å². The van der Waals surface area contributed by atoms with Crippen molar-refractivity contribution in [3.05, 3.63) is 64.0 Å². The number of carbonyl (C=O) groups is 1. The van der Waals surface area contributed by atoms with Crippen molar-refractivity contribution in [2.24, 2.45) is 5.41 Å². The first kappa shape index (κ1) is 22.7. The predicted octanol–water partition coefficient (Wildman–Crippen LogP) is 7.42. The van der Waals surface area contributed by atoms with E-state index in [1.807, 2.05) is 26.8 Å². The minimum Gasteiger partial charge on any atom is -0.444 e. The summed E-state index contributed by atoms with van der Waals surface area (Å²) in [6.07, 6.45) is 4.33. The third-order valence-electron chi connectivity index (χ3n) is 7.28. The van der Waals surface area contributed by atoms with E-state index < -0.39 is 11.5 Å². The number of carbonyl (C=O) groups excluding carboxylic acids is 1. The van der Waals surface area contributed by atoms with Gasteiger partial charge in [0.15, 0.2) is 0 Å². The van der Waals surface area contributed by atoms with Crippen molar-refractivity contribution in [3.63, 3.8) is 0 Å². The first-order valence-electron chi connectivity index (χ1n) is 11.8. The molecule has 2 aliphatic carbocycles. The zero-order valence-corrected chi connectivity index (χ0v) is 21.4. The number of rotatable bonds is 2. The Balaban J connectivity index is 1.32. The number of benzene rings is 2. The van der Waals surface area contributed by atoms with Crippen LogP contribution in [0.5, 0.6) is 0 Å². The van der Waals surface area contributed by atoms with Crippen LogP contribution in [0.15, 0.2) is 47.1 Å². The summed E-state index contributed by atoms with van der Waals surface area (Å²) in [4.78, 5) is 22.6. The second-order valence-electron chi connectivity index (χ2n) is 11.0. The molecular weight excluding hydrogens is 516 g/mol. The van der Waals surface area contributed by atoms with Crippen LogP contribution in [0.4, 0.5) is 13.6 Å². The van der Waals surface area contributed by atoms with Crippen LogP contribution in [-0.2, 0) is 10.7 Å². The molecule has 0 unspecified atom stereocenters. The molecule has 3 aromatic rings. The number of H-pyrrole nitrogens is 1. The van der Waals surface area contributed by atoms with Gasteiger partial charge in [0.05, 0.1) is 17.9 Å². The van der Waals surface area contributed by atoms with E-state index >= 15 is 8.78 Å². The molecule has 0 bridgehead atoms. The lowest BCUT2D eigenvalue weighted by atomic mass is 10.0. The van der Waals surface area contributed by atoms with Crippen molar-refractivity contribution in [1.82, 2.24) is 14.9 Å². The number of hydrogen-bond donors (Lipinski definition) is 1. The maximum absolute atomic E-state index is 15.3. The van der Waals surface area contributed by atoms with Crippen LogP contribution in [-0.4, -0.2) is 33.1 Å². The number of ether oxygens (including phenoxy) is 1. The van der Waals surface area contributed by atoms with E-state index in [1.54, 1.807) is 35.4 Å². The summed E-state index contributed by atoms with van der Waals surface area (Å²) in [6.45, 7) is 6.22. The molecule has 5 nitrogen and oxygen atoms in total. The molecular formula is C27H26BrF2N3O2. The van der Waals surface area contributed by atoms with E-state index in [0.717, 1.165) is 19.3 Å². The number of amides is 1. The van der Waals surface area contributed by atoms with Gasteiger partial charge in [-0.15, -0.1) is 0 Å². The number of imidazole rings is 1. The van der Waals surface area contributed by atoms with Crippen LogP contribution in [0.25, 0.3) is 22.4 Å². The Labute approximate surface area is 211 Å². The smallest absolute Gasteiger partial charge is 0.410 e. The van der Waals surface area contributed by atoms with Crippen LogP contribution in [0.2, 0.25) is 0 Å². The van der Waals surface area contributed by atoms with Gasteiger partial charge in [-0.2, -0.15) is 8.78 Å². The topological polar surface area (TPSA) is 58.2 Å². The summed E-state index contributed by atoms with van der Waals surface area (Å²) < 4.78 is 36.9. The van der Waals surface area contributed by atoms with Gasteiger partial charge in [0.25, 0.3) is 5.92 Å². The molecule has 1 aliphatic heterocycles. The quantitative estimate of drug-likeness (QED) is 0.367. The molecule has 1 atom stereocenters. The lowest BCUT2D eigenvalue weighted by Gasteiger charge is -2.27. The Hall–Kier alpha value is -2.74. The van der Waals surface area contributed by atoms with Gasteiger partial charge >= 0.3 is 6.09 Å². The van der Waals surface area contributed by atoms with Gasteiger partial charge in [-0.25, -0.2) is 9.78 Å². The highest BCUT2D eigenvalue weighted by Gasteiger charge is 2.55. The first-order valence-corrected chi connectivity index (χ1v) is 12.6.